The molecular formula is C21H15ClFN5O. The molecule has 0 atom stereocenters. The lowest BCUT2D eigenvalue weighted by Gasteiger charge is -2.09. The van der Waals surface area contributed by atoms with Gasteiger partial charge in [0.1, 0.15) is 17.2 Å². The average molecular weight is 408 g/mol. The second kappa shape index (κ2) is 6.86. The summed E-state index contributed by atoms with van der Waals surface area (Å²) in [7, 11) is 1.61. The van der Waals surface area contributed by atoms with Crippen LogP contribution in [0.15, 0.2) is 54.7 Å². The first-order valence-corrected chi connectivity index (χ1v) is 9.30. The first kappa shape index (κ1) is 17.6. The molecule has 0 radical (unpaired) electrons. The number of nitrogens with zero attached hydrogens (tertiary/aromatic N) is 4. The number of hydrogen-bond acceptors (Lipinski definition) is 4. The Morgan fingerprint density at radius 2 is 2.00 bits per heavy atom. The molecule has 0 amide bonds. The minimum Gasteiger partial charge on any atom is -0.497 e. The number of aromatic amines is 1. The molecule has 0 spiro atoms. The molecule has 6 nitrogen and oxygen atoms in total. The highest BCUT2D eigenvalue weighted by Gasteiger charge is 2.13. The summed E-state index contributed by atoms with van der Waals surface area (Å²) in [5.74, 6) is 0.821. The van der Waals surface area contributed by atoms with Crippen LogP contribution in [0.2, 0.25) is 5.02 Å². The fraction of sp³-hybridized carbons (Fsp3) is 0.0952. The van der Waals surface area contributed by atoms with Crippen molar-refractivity contribution in [1.29, 1.82) is 0 Å². The SMILES string of the molecule is COc1ccc(-c2cccc3nc(Cc4nc5nc(F)ccc5[nH]4)cn23)c(Cl)c1. The topological polar surface area (TPSA) is 68.1 Å². The van der Waals surface area contributed by atoms with E-state index in [1.807, 2.05) is 40.9 Å². The number of benzene rings is 1. The number of fused-ring (bicyclic) bond motifs is 2. The molecule has 0 fully saturated rings. The Bertz CT molecular complexity index is 1360. The first-order valence-electron chi connectivity index (χ1n) is 8.93. The summed E-state index contributed by atoms with van der Waals surface area (Å²) < 4.78 is 20.5. The minimum atomic E-state index is -0.552. The van der Waals surface area contributed by atoms with Gasteiger partial charge in [0, 0.05) is 18.2 Å². The van der Waals surface area contributed by atoms with Gasteiger partial charge in [0.2, 0.25) is 5.95 Å². The summed E-state index contributed by atoms with van der Waals surface area (Å²) in [5, 5.41) is 0.595. The van der Waals surface area contributed by atoms with Gasteiger partial charge in [-0.25, -0.2) is 9.97 Å². The third-order valence-electron chi connectivity index (χ3n) is 4.70. The van der Waals surface area contributed by atoms with E-state index in [-0.39, 0.29) is 0 Å². The fourth-order valence-corrected chi connectivity index (χ4v) is 3.64. The van der Waals surface area contributed by atoms with Gasteiger partial charge in [0.05, 0.1) is 29.0 Å². The molecule has 5 rings (SSSR count). The van der Waals surface area contributed by atoms with Crippen LogP contribution in [0.1, 0.15) is 11.5 Å². The molecule has 1 aromatic carbocycles. The molecular weight excluding hydrogens is 393 g/mol. The number of pyridine rings is 2. The molecule has 144 valence electrons. The van der Waals surface area contributed by atoms with Gasteiger partial charge in [-0.05, 0) is 42.5 Å². The van der Waals surface area contributed by atoms with Crippen LogP contribution in [0.3, 0.4) is 0 Å². The lowest BCUT2D eigenvalue weighted by atomic mass is 10.1. The van der Waals surface area contributed by atoms with Crippen molar-refractivity contribution in [3.05, 3.63) is 77.2 Å². The maximum Gasteiger partial charge on any atom is 0.215 e. The zero-order valence-electron chi connectivity index (χ0n) is 15.4. The van der Waals surface area contributed by atoms with Crippen LogP contribution in [0.25, 0.3) is 28.1 Å². The second-order valence-corrected chi connectivity index (χ2v) is 6.99. The van der Waals surface area contributed by atoms with E-state index < -0.39 is 5.95 Å². The van der Waals surface area contributed by atoms with E-state index >= 15 is 0 Å². The first-order chi connectivity index (χ1) is 14.1. The largest absolute Gasteiger partial charge is 0.497 e. The second-order valence-electron chi connectivity index (χ2n) is 6.58. The van der Waals surface area contributed by atoms with Gasteiger partial charge in [0.25, 0.3) is 0 Å². The average Bonchev–Trinajstić information content (AvgIpc) is 3.30. The summed E-state index contributed by atoms with van der Waals surface area (Å²) in [5.41, 5.74) is 4.46. The summed E-state index contributed by atoms with van der Waals surface area (Å²) in [6, 6.07) is 14.4. The lowest BCUT2D eigenvalue weighted by molar-refractivity contribution is 0.415. The predicted octanol–water partition coefficient (Wildman–Crippen LogP) is 4.66. The Morgan fingerprint density at radius 3 is 2.83 bits per heavy atom. The predicted molar refractivity (Wildman–Crippen MR) is 109 cm³/mol. The minimum absolute atomic E-state index is 0.356. The summed E-state index contributed by atoms with van der Waals surface area (Å²) in [4.78, 5) is 16.0. The Kier molecular flexibility index (Phi) is 4.17. The maximum atomic E-state index is 13.3. The van der Waals surface area contributed by atoms with E-state index in [1.54, 1.807) is 19.2 Å². The van der Waals surface area contributed by atoms with Gasteiger partial charge in [-0.3, -0.25) is 4.40 Å². The van der Waals surface area contributed by atoms with E-state index in [1.165, 1.54) is 6.07 Å². The van der Waals surface area contributed by atoms with Crippen LogP contribution >= 0.6 is 11.6 Å². The van der Waals surface area contributed by atoms with Crippen molar-refractivity contribution in [1.82, 2.24) is 24.3 Å². The highest BCUT2D eigenvalue weighted by Crippen LogP contribution is 2.31. The van der Waals surface area contributed by atoms with Crippen molar-refractivity contribution in [2.75, 3.05) is 7.11 Å². The van der Waals surface area contributed by atoms with Crippen LogP contribution in [0.5, 0.6) is 5.75 Å². The Morgan fingerprint density at radius 1 is 1.10 bits per heavy atom. The molecule has 0 aliphatic heterocycles. The zero-order valence-corrected chi connectivity index (χ0v) is 16.1. The molecule has 0 bridgehead atoms. The number of H-pyrrole nitrogens is 1. The van der Waals surface area contributed by atoms with Crippen LogP contribution in [0, 0.1) is 5.95 Å². The van der Waals surface area contributed by atoms with Gasteiger partial charge >= 0.3 is 0 Å². The van der Waals surface area contributed by atoms with E-state index in [9.17, 15) is 4.39 Å². The smallest absolute Gasteiger partial charge is 0.215 e. The van der Waals surface area contributed by atoms with E-state index in [4.69, 9.17) is 16.3 Å². The van der Waals surface area contributed by atoms with Crippen LogP contribution in [0.4, 0.5) is 4.39 Å². The number of ether oxygens (including phenoxy) is 1. The number of rotatable bonds is 4. The summed E-state index contributed by atoms with van der Waals surface area (Å²) >= 11 is 6.47. The van der Waals surface area contributed by atoms with Crippen molar-refractivity contribution in [2.45, 2.75) is 6.42 Å². The van der Waals surface area contributed by atoms with Crippen molar-refractivity contribution in [3.63, 3.8) is 0 Å². The highest BCUT2D eigenvalue weighted by atomic mass is 35.5. The molecule has 4 aromatic heterocycles. The molecule has 4 heterocycles. The Hall–Kier alpha value is -3.45. The van der Waals surface area contributed by atoms with Crippen molar-refractivity contribution in [3.8, 4) is 17.0 Å². The van der Waals surface area contributed by atoms with E-state index in [2.05, 4.69) is 19.9 Å². The number of imidazole rings is 2. The summed E-state index contributed by atoms with van der Waals surface area (Å²) in [6.45, 7) is 0. The van der Waals surface area contributed by atoms with Gasteiger partial charge in [-0.15, -0.1) is 0 Å². The van der Waals surface area contributed by atoms with Crippen molar-refractivity contribution < 1.29 is 9.13 Å². The lowest BCUT2D eigenvalue weighted by Crippen LogP contribution is -1.92. The molecule has 0 aliphatic rings. The number of nitrogens with one attached hydrogen (secondary N) is 1. The Labute approximate surface area is 170 Å². The Balaban J connectivity index is 1.54. The molecule has 0 aliphatic carbocycles. The molecule has 0 saturated carbocycles. The highest BCUT2D eigenvalue weighted by molar-refractivity contribution is 6.33. The number of halogens is 2. The molecule has 0 saturated heterocycles. The fourth-order valence-electron chi connectivity index (χ4n) is 3.37. The normalized spacial score (nSPS) is 11.4. The number of hydrogen-bond donors (Lipinski definition) is 1. The maximum absolute atomic E-state index is 13.3. The molecule has 1 N–H and O–H groups in total. The standard InChI is InChI=1S/C21H15ClFN5O/c1-29-13-5-6-14(15(22)10-13)17-3-2-4-20-24-12(11-28(17)20)9-19-25-16-7-8-18(23)26-21(16)27-19/h2-8,10-11H,9H2,1H3,(H,25,26,27). The third-order valence-corrected chi connectivity index (χ3v) is 5.02. The molecule has 29 heavy (non-hydrogen) atoms. The van der Waals surface area contributed by atoms with Gasteiger partial charge < -0.3 is 9.72 Å². The molecule has 8 heteroatoms. The third kappa shape index (κ3) is 3.19. The zero-order chi connectivity index (χ0) is 20.0. The van der Waals surface area contributed by atoms with Gasteiger partial charge in [-0.1, -0.05) is 17.7 Å². The van der Waals surface area contributed by atoms with Gasteiger partial charge in [0.15, 0.2) is 5.65 Å². The monoisotopic (exact) mass is 407 g/mol. The summed E-state index contributed by atoms with van der Waals surface area (Å²) in [6.07, 6.45) is 2.42. The quantitative estimate of drug-likeness (QED) is 0.440. The molecule has 5 aromatic rings. The number of methoxy groups -OCH3 is 1. The van der Waals surface area contributed by atoms with Crippen LogP contribution in [-0.2, 0) is 6.42 Å². The van der Waals surface area contributed by atoms with Gasteiger partial charge in [-0.2, -0.15) is 9.37 Å². The number of aromatic nitrogens is 5. The van der Waals surface area contributed by atoms with E-state index in [0.29, 0.717) is 34.2 Å². The van der Waals surface area contributed by atoms with Crippen molar-refractivity contribution >= 4 is 28.4 Å². The van der Waals surface area contributed by atoms with Crippen LogP contribution < -0.4 is 4.74 Å². The van der Waals surface area contributed by atoms with Crippen molar-refractivity contribution in [2.24, 2.45) is 0 Å². The molecule has 0 unspecified atom stereocenters. The van der Waals surface area contributed by atoms with E-state index in [0.717, 1.165) is 22.6 Å². The van der Waals surface area contributed by atoms with Crippen LogP contribution in [-0.4, -0.2) is 31.4 Å².